The molecule has 0 aliphatic heterocycles. The van der Waals surface area contributed by atoms with Crippen molar-refractivity contribution in [3.05, 3.63) is 95.8 Å². The maximum absolute atomic E-state index is 8.23. The topological polar surface area (TPSA) is 38.9 Å². The van der Waals surface area contributed by atoms with Crippen LogP contribution in [0.25, 0.3) is 55.2 Å². The van der Waals surface area contributed by atoms with Gasteiger partial charge in [-0.1, -0.05) is 42.5 Å². The molecule has 3 nitrogen and oxygen atoms in total. The fraction of sp³-hybridized carbons (Fsp3) is 0.103. The van der Waals surface area contributed by atoms with E-state index in [0.717, 1.165) is 10.8 Å². The molecule has 0 radical (unpaired) electrons. The lowest BCUT2D eigenvalue weighted by atomic mass is 9.93. The van der Waals surface area contributed by atoms with Crippen LogP contribution in [0.3, 0.4) is 0 Å². The molecule has 0 aliphatic carbocycles. The number of furan rings is 1. The molecule has 0 unspecified atom stereocenters. The number of aryl methyl sites for hydroxylation is 3. The molecule has 6 rings (SSSR count). The van der Waals surface area contributed by atoms with Crippen molar-refractivity contribution in [2.24, 2.45) is 0 Å². The van der Waals surface area contributed by atoms with Gasteiger partial charge in [-0.3, -0.25) is 4.98 Å². The van der Waals surface area contributed by atoms with E-state index in [9.17, 15) is 0 Å². The van der Waals surface area contributed by atoms with Gasteiger partial charge in [-0.15, -0.1) is 0 Å². The molecule has 3 aromatic heterocycles. The number of hydrogen-bond acceptors (Lipinski definition) is 3. The Labute approximate surface area is 199 Å². The van der Waals surface area contributed by atoms with Gasteiger partial charge in [0.2, 0.25) is 5.71 Å². The smallest absolute Gasteiger partial charge is 0.227 e. The highest BCUT2D eigenvalue weighted by molar-refractivity contribution is 6.08. The molecule has 0 spiro atoms. The second-order valence-corrected chi connectivity index (χ2v) is 7.69. The minimum Gasteiger partial charge on any atom is -0.437 e. The molecule has 3 heteroatoms. The van der Waals surface area contributed by atoms with E-state index in [-0.39, 0.29) is 33.7 Å². The summed E-state index contributed by atoms with van der Waals surface area (Å²) in [5.74, 6) is 0. The van der Waals surface area contributed by atoms with Crippen molar-refractivity contribution in [3.8, 4) is 22.4 Å². The van der Waals surface area contributed by atoms with Crippen LogP contribution in [-0.4, -0.2) is 9.97 Å². The number of fused-ring (bicyclic) bond motifs is 4. The lowest BCUT2D eigenvalue weighted by Crippen LogP contribution is -1.92. The Morgan fingerprint density at radius 1 is 0.719 bits per heavy atom. The molecule has 0 saturated heterocycles. The van der Waals surface area contributed by atoms with Gasteiger partial charge in [0.25, 0.3) is 0 Å². The summed E-state index contributed by atoms with van der Waals surface area (Å²) in [4.78, 5) is 8.67. The largest absolute Gasteiger partial charge is 0.437 e. The molecule has 0 atom stereocenters. The van der Waals surface area contributed by atoms with E-state index in [0.29, 0.717) is 27.6 Å². The van der Waals surface area contributed by atoms with Crippen molar-refractivity contribution < 1.29 is 16.8 Å². The Morgan fingerprint density at radius 2 is 1.56 bits per heavy atom. The molecule has 32 heavy (non-hydrogen) atoms. The molecule has 0 amide bonds. The fourth-order valence-electron chi connectivity index (χ4n) is 4.17. The van der Waals surface area contributed by atoms with Gasteiger partial charge in [-0.25, -0.2) is 4.98 Å². The van der Waals surface area contributed by atoms with E-state index < -0.39 is 20.6 Å². The zero-order valence-electron chi connectivity index (χ0n) is 25.8. The van der Waals surface area contributed by atoms with E-state index in [1.54, 1.807) is 36.4 Å². The van der Waals surface area contributed by atoms with Crippen LogP contribution in [0.1, 0.15) is 29.2 Å². The Bertz CT molecular complexity index is 1970. The summed E-state index contributed by atoms with van der Waals surface area (Å²) in [6, 6.07) is 20.6. The SMILES string of the molecule is [2H]C([2H])([2H])c1ccc2c(n1)oc1c(-c3cc(-c4cc5ccccc5cc4C([2H])([2H])[2H])c(C([2H])([2H])[2H])cn3)cccc12. The molecule has 154 valence electrons. The Balaban J connectivity index is 1.63. The Kier molecular flexibility index (Phi) is 2.54. The highest BCUT2D eigenvalue weighted by atomic mass is 16.3. The minimum atomic E-state index is -2.57. The van der Waals surface area contributed by atoms with Gasteiger partial charge in [-0.2, -0.15) is 0 Å². The lowest BCUT2D eigenvalue weighted by Gasteiger charge is -2.13. The molecular formula is C29H22N2O. The second kappa shape index (κ2) is 7.03. The highest BCUT2D eigenvalue weighted by Crippen LogP contribution is 2.37. The molecule has 6 aromatic rings. The van der Waals surface area contributed by atoms with Gasteiger partial charge >= 0.3 is 0 Å². The monoisotopic (exact) mass is 423 g/mol. The third-order valence-electron chi connectivity index (χ3n) is 5.72. The Morgan fingerprint density at radius 3 is 2.41 bits per heavy atom. The summed E-state index contributed by atoms with van der Waals surface area (Å²) in [5, 5.41) is 2.79. The number of nitrogens with zero attached hydrogens (tertiary/aromatic N) is 2. The molecule has 0 bridgehead atoms. The van der Waals surface area contributed by atoms with Crippen LogP contribution in [0.15, 0.2) is 83.4 Å². The van der Waals surface area contributed by atoms with Crippen molar-refractivity contribution >= 4 is 32.8 Å². The summed E-state index contributed by atoms with van der Waals surface area (Å²) in [5.41, 5.74) is 1.78. The summed E-state index contributed by atoms with van der Waals surface area (Å²) < 4.78 is 78.3. The van der Waals surface area contributed by atoms with E-state index in [2.05, 4.69) is 9.97 Å². The van der Waals surface area contributed by atoms with Crippen LogP contribution < -0.4 is 0 Å². The second-order valence-electron chi connectivity index (χ2n) is 7.69. The van der Waals surface area contributed by atoms with Gasteiger partial charge in [0.15, 0.2) is 0 Å². The first-order valence-electron chi connectivity index (χ1n) is 14.6. The molecular weight excluding hydrogens is 392 g/mol. The number of aromatic nitrogens is 2. The van der Waals surface area contributed by atoms with E-state index >= 15 is 0 Å². The first kappa shape index (κ1) is 11.6. The molecule has 3 heterocycles. The molecule has 0 aliphatic rings. The van der Waals surface area contributed by atoms with Crippen LogP contribution in [0.5, 0.6) is 0 Å². The van der Waals surface area contributed by atoms with E-state index in [1.165, 1.54) is 12.3 Å². The molecule has 0 fully saturated rings. The van der Waals surface area contributed by atoms with E-state index in [1.807, 2.05) is 30.3 Å². The Hall–Kier alpha value is -3.98. The minimum absolute atomic E-state index is 0.0298. The van der Waals surface area contributed by atoms with Crippen molar-refractivity contribution in [2.45, 2.75) is 20.6 Å². The van der Waals surface area contributed by atoms with Crippen LogP contribution in [0.2, 0.25) is 0 Å². The highest BCUT2D eigenvalue weighted by Gasteiger charge is 2.16. The predicted molar refractivity (Wildman–Crippen MR) is 132 cm³/mol. The standard InChI is InChI=1S/C29H22N2O/c1-17-13-20-7-4-5-8-21(20)14-25(17)26-15-27(30-16-18(26)2)24-10-6-9-22-23-12-11-19(3)31-29(23)32-28(22)24/h4-16H,1-3H3/i1D3,2D3,3D3. The number of benzene rings is 3. The quantitative estimate of drug-likeness (QED) is 0.285. The van der Waals surface area contributed by atoms with Crippen molar-refractivity contribution in [1.29, 1.82) is 0 Å². The van der Waals surface area contributed by atoms with Crippen LogP contribution >= 0.6 is 0 Å². The average molecular weight is 424 g/mol. The van der Waals surface area contributed by atoms with E-state index in [4.69, 9.17) is 16.8 Å². The lowest BCUT2D eigenvalue weighted by molar-refractivity contribution is 0.653. The first-order valence-corrected chi connectivity index (χ1v) is 10.1. The van der Waals surface area contributed by atoms with Gasteiger partial charge in [-0.05, 0) is 83.9 Å². The zero-order valence-corrected chi connectivity index (χ0v) is 16.8. The predicted octanol–water partition coefficient (Wildman–Crippen LogP) is 7.79. The summed E-state index contributed by atoms with van der Waals surface area (Å²) >= 11 is 0. The van der Waals surface area contributed by atoms with Gasteiger partial charge in [0.1, 0.15) is 5.58 Å². The number of pyridine rings is 2. The maximum atomic E-state index is 8.23. The maximum Gasteiger partial charge on any atom is 0.227 e. The molecule has 0 saturated carbocycles. The van der Waals surface area contributed by atoms with Crippen molar-refractivity contribution in [2.75, 3.05) is 0 Å². The summed E-state index contributed by atoms with van der Waals surface area (Å²) in [7, 11) is 0. The normalized spacial score (nSPS) is 16.9. The number of hydrogen-bond donors (Lipinski definition) is 0. The number of rotatable bonds is 2. The average Bonchev–Trinajstić information content (AvgIpc) is 3.29. The van der Waals surface area contributed by atoms with Gasteiger partial charge in [0, 0.05) is 40.6 Å². The fourth-order valence-corrected chi connectivity index (χ4v) is 4.17. The molecule has 0 N–H and O–H groups in total. The summed E-state index contributed by atoms with van der Waals surface area (Å²) in [6.07, 6.45) is 1.25. The van der Waals surface area contributed by atoms with Gasteiger partial charge < -0.3 is 4.42 Å². The number of para-hydroxylation sites is 1. The molecule has 3 aromatic carbocycles. The summed E-state index contributed by atoms with van der Waals surface area (Å²) in [6.45, 7) is -7.49. The van der Waals surface area contributed by atoms with Crippen LogP contribution in [0.4, 0.5) is 0 Å². The third kappa shape index (κ3) is 2.89. The van der Waals surface area contributed by atoms with Crippen molar-refractivity contribution in [1.82, 2.24) is 9.97 Å². The van der Waals surface area contributed by atoms with Crippen LogP contribution in [-0.2, 0) is 0 Å². The van der Waals surface area contributed by atoms with Crippen LogP contribution in [0, 0.1) is 20.6 Å². The third-order valence-corrected chi connectivity index (χ3v) is 5.72. The first-order chi connectivity index (χ1) is 19.2. The zero-order chi connectivity index (χ0) is 29.3. The van der Waals surface area contributed by atoms with Gasteiger partial charge in [0.05, 0.1) is 5.69 Å². The van der Waals surface area contributed by atoms with Crippen molar-refractivity contribution in [3.63, 3.8) is 0 Å².